The molecule has 0 bridgehead atoms. The lowest BCUT2D eigenvalue weighted by molar-refractivity contribution is 0.0215. The summed E-state index contributed by atoms with van der Waals surface area (Å²) in [4.78, 5) is 2.18. The van der Waals surface area contributed by atoms with Gasteiger partial charge < -0.3 is 15.4 Å². The van der Waals surface area contributed by atoms with E-state index >= 15 is 0 Å². The summed E-state index contributed by atoms with van der Waals surface area (Å²) in [6, 6.07) is 0. The smallest absolute Gasteiger partial charge is 0.150 e. The molecular weight excluding hydrogens is 228 g/mol. The third kappa shape index (κ3) is 2.61. The number of nitrogen functional groups attached to an aromatic ring is 1. The number of aryl methyl sites for hydroxylation is 2. The van der Waals surface area contributed by atoms with Crippen LogP contribution in [0.2, 0.25) is 0 Å². The first kappa shape index (κ1) is 13.2. The minimum atomic E-state index is 0.323. The molecule has 1 saturated heterocycles. The zero-order chi connectivity index (χ0) is 13.1. The van der Waals surface area contributed by atoms with Crippen molar-refractivity contribution in [3.8, 4) is 0 Å². The average molecular weight is 252 g/mol. The van der Waals surface area contributed by atoms with Crippen molar-refractivity contribution in [2.75, 3.05) is 30.8 Å². The number of aromatic nitrogens is 2. The summed E-state index contributed by atoms with van der Waals surface area (Å²) < 4.78 is 7.74. The largest absolute Gasteiger partial charge is 0.394 e. The molecule has 1 unspecified atom stereocenters. The van der Waals surface area contributed by atoms with Gasteiger partial charge in [0, 0.05) is 26.7 Å². The van der Waals surface area contributed by atoms with Crippen LogP contribution in [0.5, 0.6) is 0 Å². The topological polar surface area (TPSA) is 56.3 Å². The minimum absolute atomic E-state index is 0.323. The van der Waals surface area contributed by atoms with Crippen molar-refractivity contribution in [2.24, 2.45) is 0 Å². The van der Waals surface area contributed by atoms with Gasteiger partial charge in [-0.1, -0.05) is 0 Å². The Morgan fingerprint density at radius 1 is 1.50 bits per heavy atom. The second-order valence-corrected chi connectivity index (χ2v) is 5.01. The molecule has 1 aliphatic heterocycles. The molecule has 0 spiro atoms. The predicted octanol–water partition coefficient (Wildman–Crippen LogP) is 1.80. The number of likely N-dealkylation sites (N-methyl/N-ethyl adjacent to an activating group) is 1. The Hall–Kier alpha value is -1.23. The SMILES string of the molecule is CCn1nc(C)c(N)c1N(C)CC1CCCCO1. The maximum absolute atomic E-state index is 6.12. The fraction of sp³-hybridized carbons (Fsp3) is 0.769. The van der Waals surface area contributed by atoms with Crippen molar-refractivity contribution in [3.63, 3.8) is 0 Å². The predicted molar refractivity (Wildman–Crippen MR) is 73.9 cm³/mol. The molecule has 1 aliphatic rings. The molecule has 0 aliphatic carbocycles. The molecule has 5 nitrogen and oxygen atoms in total. The van der Waals surface area contributed by atoms with Crippen LogP contribution in [0.25, 0.3) is 0 Å². The molecule has 5 heteroatoms. The zero-order valence-corrected chi connectivity index (χ0v) is 11.6. The zero-order valence-electron chi connectivity index (χ0n) is 11.6. The van der Waals surface area contributed by atoms with E-state index in [1.54, 1.807) is 0 Å². The lowest BCUT2D eigenvalue weighted by Crippen LogP contribution is -2.34. The van der Waals surface area contributed by atoms with E-state index in [-0.39, 0.29) is 0 Å². The maximum atomic E-state index is 6.12. The summed E-state index contributed by atoms with van der Waals surface area (Å²) in [5.74, 6) is 1.02. The molecule has 2 rings (SSSR count). The summed E-state index contributed by atoms with van der Waals surface area (Å²) >= 11 is 0. The second kappa shape index (κ2) is 5.61. The molecule has 1 aromatic rings. The van der Waals surface area contributed by atoms with Crippen molar-refractivity contribution in [1.29, 1.82) is 0 Å². The lowest BCUT2D eigenvalue weighted by atomic mass is 10.1. The molecule has 2 heterocycles. The van der Waals surface area contributed by atoms with E-state index in [2.05, 4.69) is 24.0 Å². The van der Waals surface area contributed by atoms with Gasteiger partial charge in [-0.15, -0.1) is 0 Å². The Morgan fingerprint density at radius 2 is 2.28 bits per heavy atom. The summed E-state index contributed by atoms with van der Waals surface area (Å²) in [5, 5.41) is 4.45. The van der Waals surface area contributed by atoms with Crippen molar-refractivity contribution >= 4 is 11.5 Å². The van der Waals surface area contributed by atoms with E-state index in [9.17, 15) is 0 Å². The van der Waals surface area contributed by atoms with E-state index in [1.807, 2.05) is 11.6 Å². The molecule has 1 atom stereocenters. The van der Waals surface area contributed by atoms with Gasteiger partial charge in [0.25, 0.3) is 0 Å². The monoisotopic (exact) mass is 252 g/mol. The number of nitrogens with zero attached hydrogens (tertiary/aromatic N) is 3. The van der Waals surface area contributed by atoms with Crippen LogP contribution in [-0.4, -0.2) is 36.1 Å². The highest BCUT2D eigenvalue weighted by atomic mass is 16.5. The van der Waals surface area contributed by atoms with Gasteiger partial charge in [0.15, 0.2) is 0 Å². The molecular formula is C13H24N4O. The maximum Gasteiger partial charge on any atom is 0.150 e. The van der Waals surface area contributed by atoms with Gasteiger partial charge in [-0.25, -0.2) is 4.68 Å². The van der Waals surface area contributed by atoms with Crippen LogP contribution < -0.4 is 10.6 Å². The van der Waals surface area contributed by atoms with Crippen LogP contribution in [0.1, 0.15) is 31.9 Å². The molecule has 0 aromatic carbocycles. The molecule has 1 fully saturated rings. The fourth-order valence-electron chi connectivity index (χ4n) is 2.55. The van der Waals surface area contributed by atoms with Gasteiger partial charge in [0.2, 0.25) is 0 Å². The Balaban J connectivity index is 2.09. The lowest BCUT2D eigenvalue weighted by Gasteiger charge is -2.29. The third-order valence-electron chi connectivity index (χ3n) is 3.56. The first-order valence-corrected chi connectivity index (χ1v) is 6.79. The summed E-state index contributed by atoms with van der Waals surface area (Å²) in [5.41, 5.74) is 7.81. The average Bonchev–Trinajstić information content (AvgIpc) is 2.66. The van der Waals surface area contributed by atoms with Crippen molar-refractivity contribution in [2.45, 2.75) is 45.8 Å². The van der Waals surface area contributed by atoms with E-state index in [1.165, 1.54) is 12.8 Å². The molecule has 0 radical (unpaired) electrons. The second-order valence-electron chi connectivity index (χ2n) is 5.01. The van der Waals surface area contributed by atoms with E-state index in [0.717, 1.165) is 43.3 Å². The molecule has 2 N–H and O–H groups in total. The minimum Gasteiger partial charge on any atom is -0.394 e. The van der Waals surface area contributed by atoms with Crippen molar-refractivity contribution in [3.05, 3.63) is 5.69 Å². The van der Waals surface area contributed by atoms with Crippen LogP contribution in [0.3, 0.4) is 0 Å². The highest BCUT2D eigenvalue weighted by molar-refractivity contribution is 5.65. The Morgan fingerprint density at radius 3 is 2.89 bits per heavy atom. The molecule has 18 heavy (non-hydrogen) atoms. The Labute approximate surface area is 109 Å². The fourth-order valence-corrected chi connectivity index (χ4v) is 2.55. The van der Waals surface area contributed by atoms with E-state index < -0.39 is 0 Å². The Bertz CT molecular complexity index is 396. The third-order valence-corrected chi connectivity index (χ3v) is 3.56. The number of anilines is 2. The number of rotatable bonds is 4. The molecule has 0 saturated carbocycles. The first-order valence-electron chi connectivity index (χ1n) is 6.79. The van der Waals surface area contributed by atoms with Gasteiger partial charge in [-0.3, -0.25) is 0 Å². The van der Waals surface area contributed by atoms with Gasteiger partial charge in [0.1, 0.15) is 5.82 Å². The summed E-state index contributed by atoms with van der Waals surface area (Å²) in [6.45, 7) is 6.65. The van der Waals surface area contributed by atoms with E-state index in [0.29, 0.717) is 6.10 Å². The van der Waals surface area contributed by atoms with Crippen LogP contribution in [0.15, 0.2) is 0 Å². The van der Waals surface area contributed by atoms with Crippen LogP contribution in [0, 0.1) is 6.92 Å². The molecule has 102 valence electrons. The number of nitrogens with two attached hydrogens (primary N) is 1. The van der Waals surface area contributed by atoms with Crippen LogP contribution in [0.4, 0.5) is 11.5 Å². The number of hydrogen-bond donors (Lipinski definition) is 1. The normalized spacial score (nSPS) is 20.1. The van der Waals surface area contributed by atoms with E-state index in [4.69, 9.17) is 10.5 Å². The first-order chi connectivity index (χ1) is 8.63. The van der Waals surface area contributed by atoms with Crippen LogP contribution >= 0.6 is 0 Å². The standard InChI is InChI=1S/C13H24N4O/c1-4-17-13(12(14)10(2)15-17)16(3)9-11-7-5-6-8-18-11/h11H,4-9,14H2,1-3H3. The highest BCUT2D eigenvalue weighted by Gasteiger charge is 2.20. The number of hydrogen-bond acceptors (Lipinski definition) is 4. The molecule has 0 amide bonds. The number of ether oxygens (including phenoxy) is 1. The van der Waals surface area contributed by atoms with Gasteiger partial charge in [-0.05, 0) is 33.1 Å². The quantitative estimate of drug-likeness (QED) is 0.887. The van der Waals surface area contributed by atoms with Crippen molar-refractivity contribution < 1.29 is 4.74 Å². The Kier molecular flexibility index (Phi) is 4.11. The van der Waals surface area contributed by atoms with Gasteiger partial charge in [0.05, 0.1) is 17.5 Å². The van der Waals surface area contributed by atoms with Crippen LogP contribution in [-0.2, 0) is 11.3 Å². The van der Waals surface area contributed by atoms with Crippen molar-refractivity contribution in [1.82, 2.24) is 9.78 Å². The highest BCUT2D eigenvalue weighted by Crippen LogP contribution is 2.26. The van der Waals surface area contributed by atoms with Gasteiger partial charge >= 0.3 is 0 Å². The summed E-state index contributed by atoms with van der Waals surface area (Å²) in [7, 11) is 2.07. The summed E-state index contributed by atoms with van der Waals surface area (Å²) in [6.07, 6.45) is 3.92. The molecule has 1 aromatic heterocycles. The van der Waals surface area contributed by atoms with Gasteiger partial charge in [-0.2, -0.15) is 5.10 Å².